The maximum atomic E-state index is 13.3. The Hall–Kier alpha value is -2.88. The molecule has 0 radical (unpaired) electrons. The number of ether oxygens (including phenoxy) is 2. The van der Waals surface area contributed by atoms with Crippen molar-refractivity contribution < 1.29 is 24.0 Å². The first-order valence-corrected chi connectivity index (χ1v) is 9.88. The molecule has 1 unspecified atom stereocenters. The van der Waals surface area contributed by atoms with Gasteiger partial charge in [-0.3, -0.25) is 24.6 Å². The summed E-state index contributed by atoms with van der Waals surface area (Å²) in [7, 11) is 0. The molecule has 0 spiro atoms. The third kappa shape index (κ3) is 3.98. The highest BCUT2D eigenvalue weighted by molar-refractivity contribution is 5.85. The molecule has 156 valence electrons. The Balaban J connectivity index is 1.68. The highest BCUT2D eigenvalue weighted by Gasteiger charge is 2.38. The summed E-state index contributed by atoms with van der Waals surface area (Å²) in [5, 5.41) is 14.9. The summed E-state index contributed by atoms with van der Waals surface area (Å²) in [5.41, 5.74) is 0.118. The van der Waals surface area contributed by atoms with E-state index in [0.717, 1.165) is 32.1 Å². The van der Waals surface area contributed by atoms with E-state index in [4.69, 9.17) is 9.47 Å². The minimum Gasteiger partial charge on any atom is -0.454 e. The Morgan fingerprint density at radius 3 is 2.45 bits per heavy atom. The monoisotopic (exact) mass is 404 g/mol. The van der Waals surface area contributed by atoms with Crippen LogP contribution in [0.2, 0.25) is 0 Å². The van der Waals surface area contributed by atoms with Crippen molar-refractivity contribution in [3.05, 3.63) is 27.8 Å². The quantitative estimate of drug-likeness (QED) is 0.430. The molecule has 0 bridgehead atoms. The van der Waals surface area contributed by atoms with Gasteiger partial charge in [-0.05, 0) is 18.9 Å². The molecular weight excluding hydrogens is 380 g/mol. The number of carbonyl (C=O) groups is 2. The molecule has 2 heterocycles. The molecule has 1 saturated heterocycles. The number of nitrogens with zero attached hydrogens (tertiary/aromatic N) is 3. The van der Waals surface area contributed by atoms with Gasteiger partial charge in [0.2, 0.25) is 19.1 Å². The molecule has 3 aliphatic rings. The predicted molar refractivity (Wildman–Crippen MR) is 102 cm³/mol. The third-order valence-electron chi connectivity index (χ3n) is 5.83. The van der Waals surface area contributed by atoms with E-state index in [1.165, 1.54) is 6.07 Å². The highest BCUT2D eigenvalue weighted by atomic mass is 16.7. The third-order valence-corrected chi connectivity index (χ3v) is 5.83. The number of nitro groups is 1. The number of benzene rings is 1. The molecule has 1 saturated carbocycles. The van der Waals surface area contributed by atoms with Crippen LogP contribution in [-0.2, 0) is 9.59 Å². The number of amides is 2. The Kier molecular flexibility index (Phi) is 5.52. The van der Waals surface area contributed by atoms with Crippen molar-refractivity contribution in [1.29, 1.82) is 0 Å². The van der Waals surface area contributed by atoms with Crippen LogP contribution in [0.4, 0.5) is 5.69 Å². The van der Waals surface area contributed by atoms with Gasteiger partial charge >= 0.3 is 0 Å². The van der Waals surface area contributed by atoms with Gasteiger partial charge in [0.05, 0.1) is 16.6 Å². The van der Waals surface area contributed by atoms with Crippen LogP contribution < -0.4 is 14.8 Å². The summed E-state index contributed by atoms with van der Waals surface area (Å²) < 4.78 is 10.7. The summed E-state index contributed by atoms with van der Waals surface area (Å²) in [6, 6.07) is 2.13. The number of hydrogen-bond donors (Lipinski definition) is 1. The van der Waals surface area contributed by atoms with Crippen LogP contribution in [0.25, 0.3) is 0 Å². The van der Waals surface area contributed by atoms with Crippen LogP contribution >= 0.6 is 0 Å². The van der Waals surface area contributed by atoms with Gasteiger partial charge in [0.1, 0.15) is 6.04 Å². The molecule has 4 rings (SSSR count). The zero-order chi connectivity index (χ0) is 20.4. The summed E-state index contributed by atoms with van der Waals surface area (Å²) in [5.74, 6) is 0.454. The number of nitrogens with one attached hydrogen (secondary N) is 1. The first kappa shape index (κ1) is 19.4. The van der Waals surface area contributed by atoms with Gasteiger partial charge in [-0.2, -0.15) is 0 Å². The minimum absolute atomic E-state index is 0.00706. The van der Waals surface area contributed by atoms with Gasteiger partial charge < -0.3 is 19.7 Å². The van der Waals surface area contributed by atoms with Crippen molar-refractivity contribution in [2.24, 2.45) is 0 Å². The predicted octanol–water partition coefficient (Wildman–Crippen LogP) is 1.20. The molecule has 2 fully saturated rings. The lowest BCUT2D eigenvalue weighted by atomic mass is 9.99. The van der Waals surface area contributed by atoms with Crippen LogP contribution in [0, 0.1) is 10.1 Å². The maximum Gasteiger partial charge on any atom is 0.278 e. The molecule has 29 heavy (non-hydrogen) atoms. The van der Waals surface area contributed by atoms with Crippen LogP contribution in [-0.4, -0.2) is 66.1 Å². The zero-order valence-corrected chi connectivity index (χ0v) is 16.0. The van der Waals surface area contributed by atoms with E-state index in [0.29, 0.717) is 37.7 Å². The maximum absolute atomic E-state index is 13.3. The van der Waals surface area contributed by atoms with Crippen molar-refractivity contribution >= 4 is 18.0 Å². The second kappa shape index (κ2) is 8.24. The smallest absolute Gasteiger partial charge is 0.278 e. The molecular formula is C19H24N4O6. The number of fused-ring (bicyclic) bond motifs is 1. The van der Waals surface area contributed by atoms with Gasteiger partial charge in [0, 0.05) is 32.2 Å². The molecule has 10 nitrogen and oxygen atoms in total. The molecule has 1 atom stereocenters. The molecule has 2 aliphatic heterocycles. The lowest BCUT2D eigenvalue weighted by molar-refractivity contribution is -0.386. The Bertz CT molecular complexity index is 802. The number of piperazine rings is 1. The van der Waals surface area contributed by atoms with Crippen molar-refractivity contribution in [2.75, 3.05) is 33.0 Å². The molecule has 1 N–H and O–H groups in total. The largest absolute Gasteiger partial charge is 0.454 e. The Morgan fingerprint density at radius 2 is 1.83 bits per heavy atom. The van der Waals surface area contributed by atoms with E-state index in [-0.39, 0.29) is 30.0 Å². The van der Waals surface area contributed by atoms with E-state index in [9.17, 15) is 19.7 Å². The Morgan fingerprint density at radius 1 is 1.17 bits per heavy atom. The standard InChI is InChI=1S/C19H24N4O6/c24-11-21-5-7-22(8-6-21)18(19(25)20-13-3-1-2-4-13)14-9-16-17(29-12-28-16)10-15(14)23(26)27/h9-11,13,18H,1-8,12H2,(H,20,25). The Labute approximate surface area is 167 Å². The highest BCUT2D eigenvalue weighted by Crippen LogP contribution is 2.42. The molecule has 1 aliphatic carbocycles. The summed E-state index contributed by atoms with van der Waals surface area (Å²) >= 11 is 0. The lowest BCUT2D eigenvalue weighted by Crippen LogP contribution is -2.51. The van der Waals surface area contributed by atoms with E-state index < -0.39 is 11.0 Å². The SMILES string of the molecule is O=CN1CCN(C(C(=O)NC2CCCC2)c2cc3c(cc2[N+](=O)[O-])OCO3)CC1. The van der Waals surface area contributed by atoms with Crippen LogP contribution in [0.15, 0.2) is 12.1 Å². The van der Waals surface area contributed by atoms with E-state index in [2.05, 4.69) is 5.32 Å². The van der Waals surface area contributed by atoms with E-state index >= 15 is 0 Å². The average molecular weight is 404 g/mol. The van der Waals surface area contributed by atoms with Gasteiger partial charge in [0.25, 0.3) is 5.69 Å². The second-order valence-corrected chi connectivity index (χ2v) is 7.59. The summed E-state index contributed by atoms with van der Waals surface area (Å²) in [6.45, 7) is 1.83. The molecule has 1 aromatic carbocycles. The van der Waals surface area contributed by atoms with E-state index in [1.807, 2.05) is 4.90 Å². The van der Waals surface area contributed by atoms with Crippen LogP contribution in [0.5, 0.6) is 11.5 Å². The topological polar surface area (TPSA) is 114 Å². The number of carbonyl (C=O) groups excluding carboxylic acids is 2. The zero-order valence-electron chi connectivity index (χ0n) is 16.0. The van der Waals surface area contributed by atoms with Crippen LogP contribution in [0.3, 0.4) is 0 Å². The van der Waals surface area contributed by atoms with Crippen molar-refractivity contribution in [3.8, 4) is 11.5 Å². The number of hydrogen-bond acceptors (Lipinski definition) is 7. The van der Waals surface area contributed by atoms with Gasteiger partial charge in [-0.1, -0.05) is 12.8 Å². The normalized spacial score (nSPS) is 20.5. The second-order valence-electron chi connectivity index (χ2n) is 7.59. The van der Waals surface area contributed by atoms with Crippen molar-refractivity contribution in [3.63, 3.8) is 0 Å². The first-order valence-electron chi connectivity index (χ1n) is 9.88. The fourth-order valence-corrected chi connectivity index (χ4v) is 4.28. The van der Waals surface area contributed by atoms with Gasteiger partial charge in [-0.15, -0.1) is 0 Å². The fraction of sp³-hybridized carbons (Fsp3) is 0.579. The minimum atomic E-state index is -0.834. The molecule has 2 amide bonds. The fourth-order valence-electron chi connectivity index (χ4n) is 4.28. The van der Waals surface area contributed by atoms with Gasteiger partial charge in [-0.25, -0.2) is 0 Å². The van der Waals surface area contributed by atoms with Crippen LogP contribution in [0.1, 0.15) is 37.3 Å². The molecule has 10 heteroatoms. The molecule has 0 aromatic heterocycles. The van der Waals surface area contributed by atoms with Crippen molar-refractivity contribution in [2.45, 2.75) is 37.8 Å². The summed E-state index contributed by atoms with van der Waals surface area (Å²) in [4.78, 5) is 39.2. The summed E-state index contributed by atoms with van der Waals surface area (Å²) in [6.07, 6.45) is 4.75. The average Bonchev–Trinajstić information content (AvgIpc) is 3.39. The number of rotatable bonds is 6. The first-order chi connectivity index (χ1) is 14.1. The lowest BCUT2D eigenvalue weighted by Gasteiger charge is -2.37. The molecule has 1 aromatic rings. The number of nitro benzene ring substituents is 1. The van der Waals surface area contributed by atoms with Gasteiger partial charge in [0.15, 0.2) is 11.5 Å². The van der Waals surface area contributed by atoms with E-state index in [1.54, 1.807) is 11.0 Å². The van der Waals surface area contributed by atoms with Crippen molar-refractivity contribution in [1.82, 2.24) is 15.1 Å².